The number of guanidine groups is 2. The molecule has 1 aliphatic carbocycles. The van der Waals surface area contributed by atoms with Crippen LogP contribution in [-0.2, 0) is 16.0 Å². The lowest BCUT2D eigenvalue weighted by Gasteiger charge is -2.49. The molecule has 2 saturated heterocycles. The molecule has 0 bridgehead atoms. The highest BCUT2D eigenvalue weighted by molar-refractivity contribution is 6.02. The summed E-state index contributed by atoms with van der Waals surface area (Å²) in [6.07, 6.45) is 0.785. The van der Waals surface area contributed by atoms with E-state index in [2.05, 4.69) is 20.6 Å². The third kappa shape index (κ3) is 3.18. The zero-order valence-electron chi connectivity index (χ0n) is 21.4. The summed E-state index contributed by atoms with van der Waals surface area (Å²) < 4.78 is 0. The van der Waals surface area contributed by atoms with Crippen LogP contribution in [0, 0.1) is 0 Å². The monoisotopic (exact) mass is 544 g/mol. The Balaban J connectivity index is 1.20. The van der Waals surface area contributed by atoms with E-state index in [1.807, 2.05) is 30.3 Å². The number of benzene rings is 2. The van der Waals surface area contributed by atoms with Crippen LogP contribution in [0.15, 0.2) is 52.4 Å². The van der Waals surface area contributed by atoms with Crippen LogP contribution in [0.25, 0.3) is 11.1 Å². The number of likely N-dealkylation sites (tertiary alicyclic amines) is 1. The number of nitrogens with zero attached hydrogens (tertiary/aromatic N) is 4. The van der Waals surface area contributed by atoms with E-state index in [0.717, 1.165) is 27.2 Å². The number of carbonyl (C=O) groups excluding carboxylic acids is 3. The Bertz CT molecular complexity index is 1540. The number of amides is 3. The Kier molecular flexibility index (Phi) is 5.07. The molecule has 4 heterocycles. The predicted molar refractivity (Wildman–Crippen MR) is 142 cm³/mol. The van der Waals surface area contributed by atoms with Gasteiger partial charge in [-0.05, 0) is 34.7 Å². The van der Waals surface area contributed by atoms with Crippen LogP contribution >= 0.6 is 0 Å². The normalized spacial score (nSPS) is 29.3. The maximum Gasteiger partial charge on any atom is 0.252 e. The second-order valence-electron chi connectivity index (χ2n) is 10.8. The van der Waals surface area contributed by atoms with E-state index in [0.29, 0.717) is 12.0 Å². The Morgan fingerprint density at radius 2 is 1.77 bits per heavy atom. The van der Waals surface area contributed by atoms with Crippen molar-refractivity contribution in [2.24, 2.45) is 21.5 Å². The van der Waals surface area contributed by atoms with Gasteiger partial charge in [-0.3, -0.25) is 19.3 Å². The molecule has 0 aromatic heterocycles. The Labute approximate surface area is 228 Å². The van der Waals surface area contributed by atoms with Crippen molar-refractivity contribution >= 4 is 29.6 Å². The maximum atomic E-state index is 13.6. The minimum atomic E-state index is -2.63. The van der Waals surface area contributed by atoms with E-state index in [4.69, 9.17) is 11.5 Å². The van der Waals surface area contributed by atoms with Crippen LogP contribution in [-0.4, -0.2) is 92.3 Å². The average molecular weight is 545 g/mol. The SMILES string of the molecule is NC1=N[C@H]2C(CN3C(=O)CCC3=O)N=C(N)N3CC(NC(=O)c4cccc5c4Cc4ccccc4-5)C(O)(O)[C@]23N1. The van der Waals surface area contributed by atoms with Gasteiger partial charge in [0.05, 0.1) is 12.6 Å². The van der Waals surface area contributed by atoms with E-state index in [1.54, 1.807) is 12.1 Å². The van der Waals surface area contributed by atoms with Gasteiger partial charge < -0.3 is 37.2 Å². The van der Waals surface area contributed by atoms with Gasteiger partial charge in [-0.25, -0.2) is 9.98 Å². The van der Waals surface area contributed by atoms with Gasteiger partial charge in [-0.2, -0.15) is 0 Å². The molecule has 2 aromatic carbocycles. The van der Waals surface area contributed by atoms with Crippen molar-refractivity contribution in [3.05, 3.63) is 59.2 Å². The molecule has 0 radical (unpaired) electrons. The molecule has 2 unspecified atom stereocenters. The van der Waals surface area contributed by atoms with Gasteiger partial charge in [0.15, 0.2) is 17.6 Å². The van der Waals surface area contributed by atoms with Crippen LogP contribution in [0.5, 0.6) is 0 Å². The quantitative estimate of drug-likeness (QED) is 0.162. The van der Waals surface area contributed by atoms with Gasteiger partial charge in [0.2, 0.25) is 17.6 Å². The zero-order chi connectivity index (χ0) is 28.0. The molecule has 3 amide bonds. The molecule has 7 rings (SSSR count). The first-order valence-corrected chi connectivity index (χ1v) is 13.1. The van der Waals surface area contributed by atoms with Crippen LogP contribution in [0.2, 0.25) is 0 Å². The molecule has 2 fully saturated rings. The summed E-state index contributed by atoms with van der Waals surface area (Å²) >= 11 is 0. The number of aliphatic imine (C=N–C) groups is 2. The maximum absolute atomic E-state index is 13.6. The lowest BCUT2D eigenvalue weighted by molar-refractivity contribution is -0.230. The molecule has 40 heavy (non-hydrogen) atoms. The molecule has 4 atom stereocenters. The number of hydrogen-bond donors (Lipinski definition) is 6. The summed E-state index contributed by atoms with van der Waals surface area (Å²) in [7, 11) is 0. The summed E-state index contributed by atoms with van der Waals surface area (Å²) in [5, 5.41) is 29.1. The molecule has 5 aliphatic rings. The molecule has 4 aliphatic heterocycles. The first-order valence-electron chi connectivity index (χ1n) is 13.1. The highest BCUT2D eigenvalue weighted by atomic mass is 16.5. The van der Waals surface area contributed by atoms with Crippen LogP contribution in [0.1, 0.15) is 34.3 Å². The Morgan fingerprint density at radius 3 is 2.55 bits per heavy atom. The number of aliphatic hydroxyl groups is 2. The summed E-state index contributed by atoms with van der Waals surface area (Å²) in [5.74, 6) is -3.92. The Morgan fingerprint density at radius 1 is 1.05 bits per heavy atom. The highest BCUT2D eigenvalue weighted by Crippen LogP contribution is 2.45. The fraction of sp³-hybridized carbons (Fsp3) is 0.370. The lowest BCUT2D eigenvalue weighted by atomic mass is 9.84. The van der Waals surface area contributed by atoms with Crippen molar-refractivity contribution in [2.75, 3.05) is 13.1 Å². The largest absolute Gasteiger partial charge is 0.370 e. The average Bonchev–Trinajstić information content (AvgIpc) is 3.63. The summed E-state index contributed by atoms with van der Waals surface area (Å²) in [5.41, 5.74) is 15.0. The minimum absolute atomic E-state index is 0.0574. The fourth-order valence-electron chi connectivity index (χ4n) is 6.86. The van der Waals surface area contributed by atoms with E-state index in [1.165, 1.54) is 4.90 Å². The van der Waals surface area contributed by atoms with Crippen LogP contribution in [0.4, 0.5) is 0 Å². The second kappa shape index (κ2) is 8.26. The van der Waals surface area contributed by atoms with Gasteiger partial charge in [-0.1, -0.05) is 36.4 Å². The van der Waals surface area contributed by atoms with Gasteiger partial charge in [-0.15, -0.1) is 0 Å². The van der Waals surface area contributed by atoms with Gasteiger partial charge in [0, 0.05) is 24.9 Å². The summed E-state index contributed by atoms with van der Waals surface area (Å²) in [4.78, 5) is 49.6. The van der Waals surface area contributed by atoms with E-state index in [-0.39, 0.29) is 49.7 Å². The van der Waals surface area contributed by atoms with E-state index in [9.17, 15) is 24.6 Å². The van der Waals surface area contributed by atoms with Gasteiger partial charge >= 0.3 is 0 Å². The molecule has 206 valence electrons. The van der Waals surface area contributed by atoms with E-state index < -0.39 is 35.5 Å². The topological polar surface area (TPSA) is 199 Å². The number of rotatable bonds is 4. The van der Waals surface area contributed by atoms with Crippen molar-refractivity contribution in [1.29, 1.82) is 0 Å². The number of carbonyl (C=O) groups is 3. The summed E-state index contributed by atoms with van der Waals surface area (Å²) in [6.45, 7) is -0.245. The van der Waals surface area contributed by atoms with Crippen molar-refractivity contribution in [3.8, 4) is 11.1 Å². The van der Waals surface area contributed by atoms with Crippen molar-refractivity contribution in [1.82, 2.24) is 20.4 Å². The number of imide groups is 1. The third-order valence-corrected chi connectivity index (χ3v) is 8.73. The van der Waals surface area contributed by atoms with Gasteiger partial charge in [0.25, 0.3) is 5.91 Å². The molecule has 0 saturated carbocycles. The zero-order valence-corrected chi connectivity index (χ0v) is 21.4. The Hall–Kier alpha value is -4.49. The van der Waals surface area contributed by atoms with E-state index >= 15 is 0 Å². The lowest BCUT2D eigenvalue weighted by Crippen LogP contribution is -2.78. The fourth-order valence-corrected chi connectivity index (χ4v) is 6.86. The number of hydrogen-bond acceptors (Lipinski definition) is 11. The third-order valence-electron chi connectivity index (χ3n) is 8.73. The molecule has 1 spiro atoms. The van der Waals surface area contributed by atoms with Crippen LogP contribution in [0.3, 0.4) is 0 Å². The summed E-state index contributed by atoms with van der Waals surface area (Å²) in [6, 6.07) is 10.3. The molecular formula is C27H28N8O5. The molecule has 2 aromatic rings. The first kappa shape index (κ1) is 24.5. The minimum Gasteiger partial charge on any atom is -0.370 e. The molecular weight excluding hydrogens is 516 g/mol. The highest BCUT2D eigenvalue weighted by Gasteiger charge is 2.73. The number of nitrogens with two attached hydrogens (primary N) is 2. The molecule has 8 N–H and O–H groups in total. The predicted octanol–water partition coefficient (Wildman–Crippen LogP) is -1.82. The number of nitrogens with one attached hydrogen (secondary N) is 2. The van der Waals surface area contributed by atoms with Crippen molar-refractivity contribution in [2.45, 2.75) is 48.8 Å². The van der Waals surface area contributed by atoms with Gasteiger partial charge in [0.1, 0.15) is 12.1 Å². The molecule has 13 heteroatoms. The van der Waals surface area contributed by atoms with Crippen molar-refractivity contribution in [3.63, 3.8) is 0 Å². The van der Waals surface area contributed by atoms with Crippen LogP contribution < -0.4 is 22.1 Å². The molecule has 13 nitrogen and oxygen atoms in total. The second-order valence-corrected chi connectivity index (χ2v) is 10.8. The standard InChI is InChI=1S/C27H28N8O5/c28-24-32-22-18(11-34-20(36)8-9-21(34)37)30-25(29)35-12-19(27(39,40)26(22,35)33-24)31-23(38)16-7-3-6-15-14-5-2-1-4-13(14)10-17(15)16/h1-7,18-19,22,39-40H,8-12H2,(H2,29,30)(H,31,38)(H3,28,32,33)/t18?,19?,22-,26-/m0/s1. The van der Waals surface area contributed by atoms with Crippen molar-refractivity contribution < 1.29 is 24.6 Å². The first-order chi connectivity index (χ1) is 19.1. The smallest absolute Gasteiger partial charge is 0.252 e. The number of fused-ring (bicyclic) bond motifs is 3.